The molecule has 0 fully saturated rings. The number of unbranched alkanes of at least 4 members (excludes halogenated alkanes) is 1. The predicted octanol–water partition coefficient (Wildman–Crippen LogP) is 1.51. The van der Waals surface area contributed by atoms with E-state index in [4.69, 9.17) is 4.65 Å². The number of rotatable bonds is 8. The minimum absolute atomic E-state index is 0. The van der Waals surface area contributed by atoms with E-state index in [2.05, 4.69) is 26.0 Å². The summed E-state index contributed by atoms with van der Waals surface area (Å²) in [6, 6.07) is 10.2. The summed E-state index contributed by atoms with van der Waals surface area (Å²) in [7, 11) is 1.87. The molecule has 0 aliphatic rings. The minimum atomic E-state index is 0. The Labute approximate surface area is 111 Å². The van der Waals surface area contributed by atoms with Gasteiger partial charge in [0, 0.05) is 6.61 Å². The van der Waals surface area contributed by atoms with E-state index >= 15 is 0 Å². The Hall–Kier alpha value is -0.835. The van der Waals surface area contributed by atoms with Crippen LogP contribution in [-0.4, -0.2) is 25.0 Å². The highest BCUT2D eigenvalue weighted by molar-refractivity contribution is 6.46. The van der Waals surface area contributed by atoms with E-state index in [1.165, 1.54) is 25.7 Å². The second kappa shape index (κ2) is 12.6. The molecule has 1 aromatic rings. The molecule has 1 aromatic carbocycles. The van der Waals surface area contributed by atoms with Crippen LogP contribution in [0.1, 0.15) is 39.5 Å². The Balaban J connectivity index is 0. The van der Waals surface area contributed by atoms with Gasteiger partial charge in [0.25, 0.3) is 0 Å². The lowest BCUT2D eigenvalue weighted by atomic mass is 9.88. The molecule has 1 radical (unpaired) electrons. The highest BCUT2D eigenvalue weighted by Crippen LogP contribution is 2.12. The van der Waals surface area contributed by atoms with Gasteiger partial charge in [0.15, 0.2) is 0 Å². The second-order valence-electron chi connectivity index (χ2n) is 4.28. The third-order valence-electron chi connectivity index (χ3n) is 2.89. The SMILES string of the molecule is CCCCC(CC)CO[B]c1ccccc1.O.O. The van der Waals surface area contributed by atoms with Gasteiger partial charge in [0.05, 0.1) is 0 Å². The topological polar surface area (TPSA) is 72.2 Å². The monoisotopic (exact) mass is 253 g/mol. The smallest absolute Gasteiger partial charge is 0.330 e. The number of hydrogen-bond acceptors (Lipinski definition) is 1. The van der Waals surface area contributed by atoms with Crippen molar-refractivity contribution in [3.63, 3.8) is 0 Å². The molecule has 1 rings (SSSR count). The van der Waals surface area contributed by atoms with Crippen LogP contribution in [0.5, 0.6) is 0 Å². The maximum absolute atomic E-state index is 5.64. The molecular formula is C14H26BO3. The van der Waals surface area contributed by atoms with Gasteiger partial charge in [-0.3, -0.25) is 0 Å². The molecule has 4 heteroatoms. The third-order valence-corrected chi connectivity index (χ3v) is 2.89. The molecule has 1 unspecified atom stereocenters. The molecule has 0 aliphatic heterocycles. The zero-order valence-corrected chi connectivity index (χ0v) is 11.5. The molecule has 3 nitrogen and oxygen atoms in total. The number of hydrogen-bond donors (Lipinski definition) is 0. The van der Waals surface area contributed by atoms with Crippen LogP contribution in [0.4, 0.5) is 0 Å². The lowest BCUT2D eigenvalue weighted by Crippen LogP contribution is -2.20. The molecule has 0 spiro atoms. The van der Waals surface area contributed by atoms with Crippen molar-refractivity contribution in [3.05, 3.63) is 30.3 Å². The second-order valence-corrected chi connectivity index (χ2v) is 4.28. The van der Waals surface area contributed by atoms with Crippen LogP contribution < -0.4 is 5.46 Å². The van der Waals surface area contributed by atoms with Gasteiger partial charge < -0.3 is 15.6 Å². The van der Waals surface area contributed by atoms with Crippen LogP contribution in [0.3, 0.4) is 0 Å². The van der Waals surface area contributed by atoms with Gasteiger partial charge in [-0.05, 0) is 12.3 Å². The van der Waals surface area contributed by atoms with Crippen molar-refractivity contribution in [3.8, 4) is 0 Å². The van der Waals surface area contributed by atoms with Gasteiger partial charge in [-0.2, -0.15) is 0 Å². The fourth-order valence-corrected chi connectivity index (χ4v) is 1.71. The molecule has 0 saturated carbocycles. The van der Waals surface area contributed by atoms with Crippen LogP contribution in [0.2, 0.25) is 0 Å². The first kappa shape index (κ1) is 19.5. The average Bonchev–Trinajstić information content (AvgIpc) is 2.35. The molecular weight excluding hydrogens is 227 g/mol. The molecule has 0 amide bonds. The first-order valence-corrected chi connectivity index (χ1v) is 6.36. The Morgan fingerprint density at radius 2 is 1.78 bits per heavy atom. The van der Waals surface area contributed by atoms with Crippen molar-refractivity contribution in [2.75, 3.05) is 6.61 Å². The van der Waals surface area contributed by atoms with E-state index in [9.17, 15) is 0 Å². The van der Waals surface area contributed by atoms with Gasteiger partial charge in [0.1, 0.15) is 0 Å². The lowest BCUT2D eigenvalue weighted by Gasteiger charge is -2.14. The Bertz CT molecular complexity index is 267. The largest absolute Gasteiger partial charge is 0.434 e. The first-order valence-electron chi connectivity index (χ1n) is 6.36. The molecule has 1 atom stereocenters. The van der Waals surface area contributed by atoms with Crippen LogP contribution in [0.15, 0.2) is 30.3 Å². The van der Waals surface area contributed by atoms with E-state index in [1.54, 1.807) is 0 Å². The van der Waals surface area contributed by atoms with Gasteiger partial charge in [0.2, 0.25) is 0 Å². The zero-order valence-electron chi connectivity index (χ0n) is 11.5. The van der Waals surface area contributed by atoms with Gasteiger partial charge in [-0.25, -0.2) is 0 Å². The molecule has 0 bridgehead atoms. The van der Waals surface area contributed by atoms with E-state index in [0.29, 0.717) is 5.92 Å². The standard InChI is InChI=1S/C14H22BO.2H2O/c1-3-5-9-13(4-2)12-16-15-14-10-7-6-8-11-14;;/h6-8,10-11,13H,3-5,9,12H2,1-2H3;2*1H2. The minimum Gasteiger partial charge on any atom is -0.434 e. The van der Waals surface area contributed by atoms with E-state index in [0.717, 1.165) is 12.1 Å². The highest BCUT2D eigenvalue weighted by atomic mass is 16.4. The van der Waals surface area contributed by atoms with Crippen molar-refractivity contribution in [1.82, 2.24) is 0 Å². The van der Waals surface area contributed by atoms with Crippen LogP contribution in [0.25, 0.3) is 0 Å². The third kappa shape index (κ3) is 8.28. The molecule has 4 N–H and O–H groups in total. The highest BCUT2D eigenvalue weighted by Gasteiger charge is 2.06. The van der Waals surface area contributed by atoms with Crippen LogP contribution >= 0.6 is 0 Å². The van der Waals surface area contributed by atoms with E-state index in [-0.39, 0.29) is 11.0 Å². The summed E-state index contributed by atoms with van der Waals surface area (Å²) in [5.74, 6) is 0.708. The summed E-state index contributed by atoms with van der Waals surface area (Å²) >= 11 is 0. The fourth-order valence-electron chi connectivity index (χ4n) is 1.71. The summed E-state index contributed by atoms with van der Waals surface area (Å²) in [4.78, 5) is 0. The maximum Gasteiger partial charge on any atom is 0.330 e. The normalized spacial score (nSPS) is 11.0. The van der Waals surface area contributed by atoms with Crippen molar-refractivity contribution < 1.29 is 15.6 Å². The fraction of sp³-hybridized carbons (Fsp3) is 0.571. The summed E-state index contributed by atoms with van der Waals surface area (Å²) in [6.45, 7) is 5.33. The maximum atomic E-state index is 5.64. The zero-order chi connectivity index (χ0) is 11.6. The Morgan fingerprint density at radius 3 is 2.33 bits per heavy atom. The molecule has 0 aliphatic carbocycles. The summed E-state index contributed by atoms with van der Waals surface area (Å²) in [6.07, 6.45) is 5.09. The molecule has 103 valence electrons. The van der Waals surface area contributed by atoms with Crippen molar-refractivity contribution in [1.29, 1.82) is 0 Å². The summed E-state index contributed by atoms with van der Waals surface area (Å²) in [5.41, 5.74) is 1.15. The van der Waals surface area contributed by atoms with Crippen molar-refractivity contribution in [2.24, 2.45) is 5.92 Å². The summed E-state index contributed by atoms with van der Waals surface area (Å²) < 4.78 is 5.64. The molecule has 0 saturated heterocycles. The Kier molecular flexibility index (Phi) is 13.7. The van der Waals surface area contributed by atoms with Gasteiger partial charge in [-0.1, -0.05) is 68.9 Å². The van der Waals surface area contributed by atoms with Gasteiger partial charge in [-0.15, -0.1) is 0 Å². The first-order chi connectivity index (χ1) is 7.86. The lowest BCUT2D eigenvalue weighted by molar-refractivity contribution is 0.246. The quantitative estimate of drug-likeness (QED) is 0.647. The Morgan fingerprint density at radius 1 is 1.11 bits per heavy atom. The van der Waals surface area contributed by atoms with Crippen molar-refractivity contribution >= 4 is 12.9 Å². The van der Waals surface area contributed by atoms with Crippen LogP contribution in [-0.2, 0) is 4.65 Å². The van der Waals surface area contributed by atoms with Crippen LogP contribution in [0, 0.1) is 5.92 Å². The predicted molar refractivity (Wildman–Crippen MR) is 78.3 cm³/mol. The van der Waals surface area contributed by atoms with E-state index < -0.39 is 0 Å². The van der Waals surface area contributed by atoms with Crippen molar-refractivity contribution in [2.45, 2.75) is 39.5 Å². The van der Waals surface area contributed by atoms with E-state index in [1.807, 2.05) is 25.7 Å². The molecule has 0 aromatic heterocycles. The molecule has 18 heavy (non-hydrogen) atoms. The number of benzene rings is 1. The molecule has 0 heterocycles. The summed E-state index contributed by atoms with van der Waals surface area (Å²) in [5, 5.41) is 0. The average molecular weight is 253 g/mol. The van der Waals surface area contributed by atoms with Gasteiger partial charge >= 0.3 is 7.48 Å².